The van der Waals surface area contributed by atoms with Gasteiger partial charge in [0, 0.05) is 17.3 Å². The fraction of sp³-hybridized carbons (Fsp3) is 0.111. The number of hydrogen-bond acceptors (Lipinski definition) is 5. The summed E-state index contributed by atoms with van der Waals surface area (Å²) < 4.78 is 26.3. The van der Waals surface area contributed by atoms with Crippen molar-refractivity contribution in [3.63, 3.8) is 0 Å². The first-order chi connectivity index (χ1) is 7.99. The zero-order valence-electron chi connectivity index (χ0n) is 8.71. The van der Waals surface area contributed by atoms with Crippen LogP contribution in [0.5, 0.6) is 0 Å². The van der Waals surface area contributed by atoms with Crippen LogP contribution >= 0.6 is 22.9 Å². The highest BCUT2D eigenvalue weighted by molar-refractivity contribution is 7.93. The summed E-state index contributed by atoms with van der Waals surface area (Å²) in [4.78, 5) is 8.50. The number of anilines is 1. The lowest BCUT2D eigenvalue weighted by Gasteiger charge is -2.05. The van der Waals surface area contributed by atoms with E-state index in [0.29, 0.717) is 5.13 Å². The number of halogens is 1. The van der Waals surface area contributed by atoms with Gasteiger partial charge in [-0.25, -0.2) is 18.4 Å². The van der Waals surface area contributed by atoms with Gasteiger partial charge in [-0.05, 0) is 19.1 Å². The van der Waals surface area contributed by atoms with Crippen LogP contribution in [-0.4, -0.2) is 18.4 Å². The highest BCUT2D eigenvalue weighted by atomic mass is 35.5. The average molecular weight is 290 g/mol. The maximum Gasteiger partial charge on any atom is 0.266 e. The molecule has 2 rings (SSSR count). The van der Waals surface area contributed by atoms with E-state index in [1.807, 2.05) is 6.92 Å². The molecule has 0 aromatic carbocycles. The molecular formula is C9H8ClN3O2S2. The molecule has 2 aromatic rings. The van der Waals surface area contributed by atoms with Crippen molar-refractivity contribution in [2.75, 3.05) is 4.72 Å². The van der Waals surface area contributed by atoms with Gasteiger partial charge in [-0.1, -0.05) is 11.6 Å². The molecule has 0 amide bonds. The van der Waals surface area contributed by atoms with Gasteiger partial charge in [0.1, 0.15) is 10.0 Å². The number of aryl methyl sites for hydroxylation is 1. The van der Waals surface area contributed by atoms with E-state index in [9.17, 15) is 8.42 Å². The molecule has 0 aliphatic carbocycles. The summed E-state index contributed by atoms with van der Waals surface area (Å²) in [6.45, 7) is 1.84. The molecule has 0 aliphatic heterocycles. The molecule has 2 heterocycles. The van der Waals surface area contributed by atoms with Gasteiger partial charge < -0.3 is 0 Å². The SMILES string of the molecule is Cc1cnc(NS(=O)(=O)c2cccnc2Cl)s1. The van der Waals surface area contributed by atoms with Gasteiger partial charge in [-0.15, -0.1) is 11.3 Å². The Hall–Kier alpha value is -1.18. The van der Waals surface area contributed by atoms with E-state index in [1.54, 1.807) is 6.20 Å². The average Bonchev–Trinajstić information content (AvgIpc) is 2.63. The Balaban J connectivity index is 2.35. The van der Waals surface area contributed by atoms with Crippen LogP contribution in [-0.2, 0) is 10.0 Å². The molecule has 0 saturated heterocycles. The topological polar surface area (TPSA) is 72.0 Å². The Morgan fingerprint density at radius 3 is 2.76 bits per heavy atom. The van der Waals surface area contributed by atoms with Crippen molar-refractivity contribution >= 4 is 38.1 Å². The van der Waals surface area contributed by atoms with Crippen molar-refractivity contribution in [2.24, 2.45) is 0 Å². The number of rotatable bonds is 3. The van der Waals surface area contributed by atoms with Crippen LogP contribution < -0.4 is 4.72 Å². The van der Waals surface area contributed by atoms with Gasteiger partial charge in [-0.2, -0.15) is 0 Å². The standard InChI is InChI=1S/C9H8ClN3O2S2/c1-6-5-12-9(16-6)13-17(14,15)7-3-2-4-11-8(7)10/h2-5H,1H3,(H,12,13). The Morgan fingerprint density at radius 1 is 1.41 bits per heavy atom. The molecule has 1 N–H and O–H groups in total. The Morgan fingerprint density at radius 2 is 2.18 bits per heavy atom. The van der Waals surface area contributed by atoms with Crippen molar-refractivity contribution in [3.05, 3.63) is 34.6 Å². The molecule has 0 atom stereocenters. The van der Waals surface area contributed by atoms with Crippen LogP contribution in [0.25, 0.3) is 0 Å². The highest BCUT2D eigenvalue weighted by Crippen LogP contribution is 2.23. The summed E-state index contributed by atoms with van der Waals surface area (Å²) in [6, 6.07) is 2.89. The molecule has 17 heavy (non-hydrogen) atoms. The normalized spacial score (nSPS) is 11.4. The van der Waals surface area contributed by atoms with Crippen molar-refractivity contribution < 1.29 is 8.42 Å². The molecule has 8 heteroatoms. The Labute approximate surface area is 108 Å². The Bertz CT molecular complexity index is 639. The predicted molar refractivity (Wildman–Crippen MR) is 66.9 cm³/mol. The lowest BCUT2D eigenvalue weighted by molar-refractivity contribution is 0.601. The fourth-order valence-corrected chi connectivity index (χ4v) is 3.50. The van der Waals surface area contributed by atoms with Crippen LogP contribution in [0.15, 0.2) is 29.4 Å². The lowest BCUT2D eigenvalue weighted by Crippen LogP contribution is -2.13. The van der Waals surface area contributed by atoms with Crippen molar-refractivity contribution in [1.29, 1.82) is 0 Å². The minimum Gasteiger partial charge on any atom is -0.255 e. The van der Waals surface area contributed by atoms with E-state index in [1.165, 1.54) is 29.7 Å². The molecule has 0 aliphatic rings. The second-order valence-corrected chi connectivity index (χ2v) is 6.42. The van der Waals surface area contributed by atoms with Gasteiger partial charge in [0.05, 0.1) is 0 Å². The zero-order chi connectivity index (χ0) is 12.5. The quantitative estimate of drug-likeness (QED) is 0.880. The largest absolute Gasteiger partial charge is 0.266 e. The summed E-state index contributed by atoms with van der Waals surface area (Å²) in [5.74, 6) is 0. The van der Waals surface area contributed by atoms with Crippen molar-refractivity contribution in [2.45, 2.75) is 11.8 Å². The summed E-state index contributed by atoms with van der Waals surface area (Å²) in [5.41, 5.74) is 0. The van der Waals surface area contributed by atoms with Crippen LogP contribution in [0.4, 0.5) is 5.13 Å². The van der Waals surface area contributed by atoms with Crippen molar-refractivity contribution in [3.8, 4) is 0 Å². The van der Waals surface area contributed by atoms with Gasteiger partial charge in [-0.3, -0.25) is 4.72 Å². The number of nitrogens with zero attached hydrogens (tertiary/aromatic N) is 2. The fourth-order valence-electron chi connectivity index (χ4n) is 1.14. The number of sulfonamides is 1. The first-order valence-corrected chi connectivity index (χ1v) is 7.22. The first-order valence-electron chi connectivity index (χ1n) is 4.55. The van der Waals surface area contributed by atoms with E-state index in [0.717, 1.165) is 4.88 Å². The summed E-state index contributed by atoms with van der Waals surface area (Å²) in [6.07, 6.45) is 3.02. The van der Waals surface area contributed by atoms with E-state index < -0.39 is 10.0 Å². The summed E-state index contributed by atoms with van der Waals surface area (Å²) in [5, 5.41) is 0.246. The highest BCUT2D eigenvalue weighted by Gasteiger charge is 2.19. The third kappa shape index (κ3) is 2.74. The molecule has 90 valence electrons. The van der Waals surface area contributed by atoms with Gasteiger partial charge in [0.25, 0.3) is 10.0 Å². The lowest BCUT2D eigenvalue weighted by atomic mass is 10.5. The summed E-state index contributed by atoms with van der Waals surface area (Å²) >= 11 is 6.98. The second kappa shape index (κ2) is 4.59. The van der Waals surface area contributed by atoms with Gasteiger partial charge in [0.2, 0.25) is 0 Å². The van der Waals surface area contributed by atoms with Crippen LogP contribution in [0, 0.1) is 6.92 Å². The minimum absolute atomic E-state index is 0.0606. The third-order valence-electron chi connectivity index (χ3n) is 1.86. The molecule has 0 unspecified atom stereocenters. The molecule has 0 saturated carbocycles. The van der Waals surface area contributed by atoms with Gasteiger partial charge >= 0.3 is 0 Å². The molecule has 0 bridgehead atoms. The molecule has 0 radical (unpaired) electrons. The molecule has 0 spiro atoms. The second-order valence-electron chi connectivity index (χ2n) is 3.17. The monoisotopic (exact) mass is 289 g/mol. The van der Waals surface area contributed by atoms with Crippen LogP contribution in [0.3, 0.4) is 0 Å². The van der Waals surface area contributed by atoms with E-state index in [2.05, 4.69) is 14.7 Å². The number of nitrogens with one attached hydrogen (secondary N) is 1. The molecular weight excluding hydrogens is 282 g/mol. The maximum atomic E-state index is 12.0. The number of hydrogen-bond donors (Lipinski definition) is 1. The van der Waals surface area contributed by atoms with E-state index >= 15 is 0 Å². The minimum atomic E-state index is -3.73. The van der Waals surface area contributed by atoms with E-state index in [-0.39, 0.29) is 10.0 Å². The molecule has 2 aromatic heterocycles. The van der Waals surface area contributed by atoms with Crippen LogP contribution in [0.2, 0.25) is 5.15 Å². The number of thiazole rings is 1. The summed E-state index contributed by atoms with van der Waals surface area (Å²) in [7, 11) is -3.73. The molecule has 0 fully saturated rings. The van der Waals surface area contributed by atoms with Crippen LogP contribution in [0.1, 0.15) is 4.88 Å². The number of aromatic nitrogens is 2. The Kier molecular flexibility index (Phi) is 3.32. The third-order valence-corrected chi connectivity index (χ3v) is 4.60. The van der Waals surface area contributed by atoms with Gasteiger partial charge in [0.15, 0.2) is 5.13 Å². The number of pyridine rings is 1. The van der Waals surface area contributed by atoms with Crippen molar-refractivity contribution in [1.82, 2.24) is 9.97 Å². The maximum absolute atomic E-state index is 12.0. The predicted octanol–water partition coefficient (Wildman–Crippen LogP) is 2.30. The zero-order valence-corrected chi connectivity index (χ0v) is 11.1. The molecule has 5 nitrogen and oxygen atoms in total. The first kappa shape index (κ1) is 12.3. The smallest absolute Gasteiger partial charge is 0.255 e. The van der Waals surface area contributed by atoms with E-state index in [4.69, 9.17) is 11.6 Å².